The van der Waals surface area contributed by atoms with E-state index >= 15 is 0 Å². The number of halogens is 1. The van der Waals surface area contributed by atoms with Crippen molar-refractivity contribution in [2.75, 3.05) is 18.2 Å². The molecule has 0 fully saturated rings. The Morgan fingerprint density at radius 3 is 2.80 bits per heavy atom. The maximum Gasteiger partial charge on any atom is 0.220 e. The van der Waals surface area contributed by atoms with E-state index in [-0.39, 0.29) is 5.91 Å². The Bertz CT molecular complexity index is 99.7. The van der Waals surface area contributed by atoms with Crippen molar-refractivity contribution in [3.05, 3.63) is 0 Å². The molecule has 0 aromatic rings. The second-order valence-electron chi connectivity index (χ2n) is 1.87. The number of nitrogens with one attached hydrogen (secondary N) is 1. The summed E-state index contributed by atoms with van der Waals surface area (Å²) < 4.78 is 0. The highest BCUT2D eigenvalue weighted by atomic mass is 35.5. The quantitative estimate of drug-likeness (QED) is 0.371. The highest BCUT2D eigenvalue weighted by Crippen LogP contribution is 1.85. The second-order valence-corrected chi connectivity index (χ2v) is 2.69. The van der Waals surface area contributed by atoms with Gasteiger partial charge in [0.25, 0.3) is 0 Å². The molecular formula is C6H12ClNOS. The Balaban J connectivity index is 3.05. The summed E-state index contributed by atoms with van der Waals surface area (Å²) in [7, 11) is 0. The lowest BCUT2D eigenvalue weighted by molar-refractivity contribution is -0.120. The molecule has 0 atom stereocenters. The number of alkyl halides is 1. The molecule has 4 heteroatoms. The van der Waals surface area contributed by atoms with Gasteiger partial charge in [-0.25, -0.2) is 0 Å². The van der Waals surface area contributed by atoms with Crippen molar-refractivity contribution in [3.8, 4) is 0 Å². The van der Waals surface area contributed by atoms with E-state index in [1.807, 2.05) is 0 Å². The molecule has 0 heterocycles. The van der Waals surface area contributed by atoms with Gasteiger partial charge in [-0.1, -0.05) is 0 Å². The van der Waals surface area contributed by atoms with Crippen molar-refractivity contribution in [1.29, 1.82) is 0 Å². The molecule has 10 heavy (non-hydrogen) atoms. The van der Waals surface area contributed by atoms with E-state index in [1.165, 1.54) is 0 Å². The van der Waals surface area contributed by atoms with E-state index in [9.17, 15) is 4.79 Å². The van der Waals surface area contributed by atoms with Gasteiger partial charge in [0.1, 0.15) is 0 Å². The Labute approximate surface area is 71.7 Å². The lowest BCUT2D eigenvalue weighted by Gasteiger charge is -2.00. The van der Waals surface area contributed by atoms with Gasteiger partial charge in [0.15, 0.2) is 0 Å². The van der Waals surface area contributed by atoms with Crippen LogP contribution < -0.4 is 5.32 Å². The van der Waals surface area contributed by atoms with E-state index < -0.39 is 0 Å². The highest BCUT2D eigenvalue weighted by molar-refractivity contribution is 7.80. The van der Waals surface area contributed by atoms with Crippen LogP contribution in [0.4, 0.5) is 0 Å². The van der Waals surface area contributed by atoms with Crippen LogP contribution in [-0.4, -0.2) is 24.1 Å². The summed E-state index contributed by atoms with van der Waals surface area (Å²) in [5, 5.41) is 2.71. The second kappa shape index (κ2) is 7.22. The molecule has 0 aromatic heterocycles. The maximum absolute atomic E-state index is 10.7. The van der Waals surface area contributed by atoms with Crippen molar-refractivity contribution in [3.63, 3.8) is 0 Å². The zero-order valence-electron chi connectivity index (χ0n) is 5.77. The SMILES string of the molecule is O=C(CCS)NCCCCl. The van der Waals surface area contributed by atoms with Crippen LogP contribution in [0.2, 0.25) is 0 Å². The molecule has 1 N–H and O–H groups in total. The van der Waals surface area contributed by atoms with Crippen LogP contribution in [0.3, 0.4) is 0 Å². The number of carbonyl (C=O) groups is 1. The summed E-state index contributed by atoms with van der Waals surface area (Å²) >= 11 is 9.31. The van der Waals surface area contributed by atoms with Crippen LogP contribution in [0.5, 0.6) is 0 Å². The molecule has 0 aliphatic carbocycles. The molecule has 0 aromatic carbocycles. The Kier molecular flexibility index (Phi) is 7.30. The average Bonchev–Trinajstić information content (AvgIpc) is 1.89. The molecule has 0 bridgehead atoms. The molecule has 0 saturated heterocycles. The van der Waals surface area contributed by atoms with E-state index in [1.54, 1.807) is 0 Å². The minimum atomic E-state index is 0.0557. The summed E-state index contributed by atoms with van der Waals surface area (Å²) in [5.41, 5.74) is 0. The molecule has 0 radical (unpaired) electrons. The fourth-order valence-electron chi connectivity index (χ4n) is 0.485. The summed E-state index contributed by atoms with van der Waals surface area (Å²) in [6.45, 7) is 0.677. The molecule has 0 saturated carbocycles. The van der Waals surface area contributed by atoms with Gasteiger partial charge >= 0.3 is 0 Å². The number of hydrogen-bond donors (Lipinski definition) is 2. The lowest BCUT2D eigenvalue weighted by atomic mass is 10.4. The smallest absolute Gasteiger partial charge is 0.220 e. The van der Waals surface area contributed by atoms with Gasteiger partial charge in [-0.05, 0) is 12.2 Å². The van der Waals surface area contributed by atoms with Gasteiger partial charge in [0, 0.05) is 18.8 Å². The molecule has 2 nitrogen and oxygen atoms in total. The number of hydrogen-bond acceptors (Lipinski definition) is 2. The van der Waals surface area contributed by atoms with Gasteiger partial charge in [0.2, 0.25) is 5.91 Å². The number of thiol groups is 1. The largest absolute Gasteiger partial charge is 0.356 e. The van der Waals surface area contributed by atoms with Crippen LogP contribution in [0.25, 0.3) is 0 Å². The highest BCUT2D eigenvalue weighted by Gasteiger charge is 1.95. The van der Waals surface area contributed by atoms with Gasteiger partial charge < -0.3 is 5.32 Å². The van der Waals surface area contributed by atoms with Crippen molar-refractivity contribution < 1.29 is 4.79 Å². The Hall–Kier alpha value is 0.110. The van der Waals surface area contributed by atoms with Crippen LogP contribution in [0.15, 0.2) is 0 Å². The summed E-state index contributed by atoms with van der Waals surface area (Å²) in [4.78, 5) is 10.7. The standard InChI is InChI=1S/C6H12ClNOS/c7-3-1-4-8-6(9)2-5-10/h10H,1-5H2,(H,8,9). The van der Waals surface area contributed by atoms with Crippen molar-refractivity contribution in [1.82, 2.24) is 5.32 Å². The minimum absolute atomic E-state index is 0.0557. The monoisotopic (exact) mass is 181 g/mol. The van der Waals surface area contributed by atoms with Crippen LogP contribution in [0.1, 0.15) is 12.8 Å². The zero-order chi connectivity index (χ0) is 7.82. The normalized spacial score (nSPS) is 9.40. The molecule has 0 unspecified atom stereocenters. The van der Waals surface area contributed by atoms with E-state index in [0.29, 0.717) is 24.6 Å². The van der Waals surface area contributed by atoms with Crippen molar-refractivity contribution in [2.24, 2.45) is 0 Å². The topological polar surface area (TPSA) is 29.1 Å². The number of rotatable bonds is 5. The molecular weight excluding hydrogens is 170 g/mol. The van der Waals surface area contributed by atoms with E-state index in [2.05, 4.69) is 17.9 Å². The van der Waals surface area contributed by atoms with Crippen LogP contribution >= 0.6 is 24.2 Å². The van der Waals surface area contributed by atoms with E-state index in [0.717, 1.165) is 6.42 Å². The molecule has 0 aliphatic rings. The first-order chi connectivity index (χ1) is 4.81. The average molecular weight is 182 g/mol. The Morgan fingerprint density at radius 2 is 2.30 bits per heavy atom. The Morgan fingerprint density at radius 1 is 1.60 bits per heavy atom. The third kappa shape index (κ3) is 6.23. The fraction of sp³-hybridized carbons (Fsp3) is 0.833. The number of carbonyl (C=O) groups excluding carboxylic acids is 1. The molecule has 60 valence electrons. The first-order valence-electron chi connectivity index (χ1n) is 3.24. The molecule has 0 rings (SSSR count). The zero-order valence-corrected chi connectivity index (χ0v) is 7.42. The maximum atomic E-state index is 10.7. The van der Waals surface area contributed by atoms with Crippen LogP contribution in [0, 0.1) is 0 Å². The third-order valence-electron chi connectivity index (χ3n) is 0.971. The molecule has 0 spiro atoms. The van der Waals surface area contributed by atoms with E-state index in [4.69, 9.17) is 11.6 Å². The number of amides is 1. The van der Waals surface area contributed by atoms with Crippen LogP contribution in [-0.2, 0) is 4.79 Å². The van der Waals surface area contributed by atoms with Gasteiger partial charge in [-0.3, -0.25) is 4.79 Å². The fourth-order valence-corrected chi connectivity index (χ4v) is 0.821. The van der Waals surface area contributed by atoms with Crippen molar-refractivity contribution in [2.45, 2.75) is 12.8 Å². The lowest BCUT2D eigenvalue weighted by Crippen LogP contribution is -2.24. The van der Waals surface area contributed by atoms with Crippen molar-refractivity contribution >= 4 is 30.1 Å². The van der Waals surface area contributed by atoms with Gasteiger partial charge in [-0.2, -0.15) is 12.6 Å². The predicted octanol–water partition coefficient (Wildman–Crippen LogP) is 1.05. The summed E-state index contributed by atoms with van der Waals surface area (Å²) in [6, 6.07) is 0. The molecule has 0 aliphatic heterocycles. The molecule has 1 amide bonds. The minimum Gasteiger partial charge on any atom is -0.356 e. The van der Waals surface area contributed by atoms with Gasteiger partial charge in [0.05, 0.1) is 0 Å². The summed E-state index contributed by atoms with van der Waals surface area (Å²) in [6.07, 6.45) is 1.32. The predicted molar refractivity (Wildman–Crippen MR) is 46.8 cm³/mol. The first-order valence-corrected chi connectivity index (χ1v) is 4.41. The summed E-state index contributed by atoms with van der Waals surface area (Å²) in [5.74, 6) is 1.26. The third-order valence-corrected chi connectivity index (χ3v) is 1.46. The first kappa shape index (κ1) is 10.1. The van der Waals surface area contributed by atoms with Gasteiger partial charge in [-0.15, -0.1) is 11.6 Å².